The first kappa shape index (κ1) is 27.3. The van der Waals surface area contributed by atoms with Gasteiger partial charge in [0, 0.05) is 46.3 Å². The van der Waals surface area contributed by atoms with E-state index in [-0.39, 0.29) is 24.5 Å². The van der Waals surface area contributed by atoms with Crippen LogP contribution in [0.3, 0.4) is 0 Å². The second-order valence-electron chi connectivity index (χ2n) is 9.37. The Morgan fingerprint density at radius 3 is 2.45 bits per heavy atom. The van der Waals surface area contributed by atoms with Crippen LogP contribution in [0.1, 0.15) is 25.0 Å². The number of methoxy groups -OCH3 is 1. The van der Waals surface area contributed by atoms with E-state index in [4.69, 9.17) is 4.74 Å². The quantitative estimate of drug-likeness (QED) is 0.227. The largest absolute Gasteiger partial charge is 0.496 e. The first-order valence-corrected chi connectivity index (χ1v) is 13.4. The van der Waals surface area contributed by atoms with E-state index in [0.29, 0.717) is 25.2 Å². The normalized spacial score (nSPS) is 11.0. The van der Waals surface area contributed by atoms with Gasteiger partial charge in [-0.1, -0.05) is 48.5 Å². The molecule has 7 nitrogen and oxygen atoms in total. The highest BCUT2D eigenvalue weighted by atomic mass is 79.9. The fourth-order valence-electron chi connectivity index (χ4n) is 4.41. The zero-order valence-corrected chi connectivity index (χ0v) is 23.5. The summed E-state index contributed by atoms with van der Waals surface area (Å²) < 4.78 is 6.32. The van der Waals surface area contributed by atoms with Crippen LogP contribution in [0.25, 0.3) is 10.9 Å². The molecule has 0 fully saturated rings. The number of anilines is 1. The Balaban J connectivity index is 1.54. The van der Waals surface area contributed by atoms with E-state index in [1.165, 1.54) is 0 Å². The molecule has 0 bridgehead atoms. The van der Waals surface area contributed by atoms with Crippen LogP contribution in [0.4, 0.5) is 10.5 Å². The molecule has 1 aromatic heterocycles. The van der Waals surface area contributed by atoms with Crippen molar-refractivity contribution in [3.8, 4) is 5.75 Å². The van der Waals surface area contributed by atoms with Crippen LogP contribution in [0.15, 0.2) is 83.5 Å². The third kappa shape index (κ3) is 6.55. The van der Waals surface area contributed by atoms with Gasteiger partial charge in [-0.2, -0.15) is 0 Å². The van der Waals surface area contributed by atoms with E-state index < -0.39 is 0 Å². The van der Waals surface area contributed by atoms with Gasteiger partial charge in [-0.3, -0.25) is 4.79 Å². The molecule has 0 spiro atoms. The number of amides is 3. The molecule has 0 aliphatic rings. The predicted octanol–water partition coefficient (Wildman–Crippen LogP) is 6.45. The molecule has 0 atom stereocenters. The number of fused-ring (bicyclic) bond motifs is 1. The number of urea groups is 1. The fraction of sp³-hybridized carbons (Fsp3) is 0.267. The molecule has 3 amide bonds. The van der Waals surface area contributed by atoms with Crippen molar-refractivity contribution in [2.24, 2.45) is 0 Å². The van der Waals surface area contributed by atoms with Crippen LogP contribution in [-0.2, 0) is 17.8 Å². The number of rotatable bonds is 10. The number of hydrogen-bond acceptors (Lipinski definition) is 3. The summed E-state index contributed by atoms with van der Waals surface area (Å²) in [6.45, 7) is 4.64. The van der Waals surface area contributed by atoms with Gasteiger partial charge < -0.3 is 24.8 Å². The number of H-pyrrole nitrogens is 1. The number of carbonyl (C=O) groups excluding carboxylic acids is 2. The molecule has 4 aromatic rings. The lowest BCUT2D eigenvalue weighted by molar-refractivity contribution is -0.132. The Kier molecular flexibility index (Phi) is 9.07. The summed E-state index contributed by atoms with van der Waals surface area (Å²) in [5.74, 6) is 0.594. The minimum Gasteiger partial charge on any atom is -0.496 e. The summed E-state index contributed by atoms with van der Waals surface area (Å²) >= 11 is 3.47. The third-order valence-corrected chi connectivity index (χ3v) is 7.23. The van der Waals surface area contributed by atoms with Crippen molar-refractivity contribution >= 4 is 44.5 Å². The van der Waals surface area contributed by atoms with Crippen LogP contribution in [0.5, 0.6) is 5.75 Å². The summed E-state index contributed by atoms with van der Waals surface area (Å²) in [6, 6.07) is 22.8. The fourth-order valence-corrected chi connectivity index (χ4v) is 4.79. The summed E-state index contributed by atoms with van der Waals surface area (Å²) in [5.41, 5.74) is 3.78. The number of para-hydroxylation sites is 3. The molecule has 3 aromatic carbocycles. The van der Waals surface area contributed by atoms with Gasteiger partial charge >= 0.3 is 6.03 Å². The lowest BCUT2D eigenvalue weighted by Gasteiger charge is -2.30. The number of ether oxygens (including phenoxy) is 1. The van der Waals surface area contributed by atoms with Crippen molar-refractivity contribution in [2.75, 3.05) is 25.5 Å². The summed E-state index contributed by atoms with van der Waals surface area (Å²) in [6.07, 6.45) is 2.68. The Hall–Kier alpha value is -3.78. The highest BCUT2D eigenvalue weighted by Crippen LogP contribution is 2.24. The monoisotopic (exact) mass is 576 g/mol. The SMILES string of the molecule is COc1ccccc1CN(CCc1c[nH]c2ccccc12)C(=O)CN(C(=O)Nc1ccccc1Br)C(C)C. The Morgan fingerprint density at radius 2 is 1.68 bits per heavy atom. The number of aromatic amines is 1. The molecule has 0 unspecified atom stereocenters. The van der Waals surface area contributed by atoms with Gasteiger partial charge in [0.1, 0.15) is 12.3 Å². The number of benzene rings is 3. The Morgan fingerprint density at radius 1 is 0.974 bits per heavy atom. The van der Waals surface area contributed by atoms with Crippen molar-refractivity contribution in [2.45, 2.75) is 32.9 Å². The molecular weight excluding hydrogens is 544 g/mol. The van der Waals surface area contributed by atoms with E-state index in [9.17, 15) is 9.59 Å². The zero-order chi connectivity index (χ0) is 27.1. The lowest BCUT2D eigenvalue weighted by Crippen LogP contribution is -2.47. The molecule has 2 N–H and O–H groups in total. The average molecular weight is 578 g/mol. The number of halogens is 1. The van der Waals surface area contributed by atoms with Gasteiger partial charge in [0.2, 0.25) is 5.91 Å². The summed E-state index contributed by atoms with van der Waals surface area (Å²) in [4.78, 5) is 33.6. The highest BCUT2D eigenvalue weighted by molar-refractivity contribution is 9.10. The van der Waals surface area contributed by atoms with Gasteiger partial charge in [0.05, 0.1) is 12.8 Å². The van der Waals surface area contributed by atoms with Gasteiger partial charge in [0.25, 0.3) is 0 Å². The molecular formula is C30H33BrN4O3. The predicted molar refractivity (Wildman–Crippen MR) is 155 cm³/mol. The van der Waals surface area contributed by atoms with Gasteiger partial charge in [-0.05, 0) is 66.0 Å². The van der Waals surface area contributed by atoms with Crippen molar-refractivity contribution in [3.05, 3.63) is 94.6 Å². The molecule has 0 aliphatic carbocycles. The molecule has 38 heavy (non-hydrogen) atoms. The van der Waals surface area contributed by atoms with E-state index in [1.54, 1.807) is 16.9 Å². The minimum atomic E-state index is -0.325. The maximum atomic E-state index is 13.8. The molecule has 0 saturated heterocycles. The molecule has 4 rings (SSSR count). The van der Waals surface area contributed by atoms with Gasteiger partial charge in [-0.25, -0.2) is 4.79 Å². The van der Waals surface area contributed by atoms with E-state index >= 15 is 0 Å². The van der Waals surface area contributed by atoms with Crippen LogP contribution in [-0.4, -0.2) is 53.0 Å². The first-order valence-electron chi connectivity index (χ1n) is 12.6. The van der Waals surface area contributed by atoms with Crippen LogP contribution in [0, 0.1) is 0 Å². The minimum absolute atomic E-state index is 0.0447. The highest BCUT2D eigenvalue weighted by Gasteiger charge is 2.25. The standard InChI is InChI=1S/C30H33BrN4O3/c1-21(2)35(30(37)33-27-14-8-6-12-25(27)31)20-29(36)34(19-23-10-4-9-15-28(23)38-3)17-16-22-18-32-26-13-7-5-11-24(22)26/h4-15,18,21,32H,16-17,19-20H2,1-3H3,(H,33,37). The van der Waals surface area contributed by atoms with Gasteiger partial charge in [0.15, 0.2) is 0 Å². The zero-order valence-electron chi connectivity index (χ0n) is 21.9. The second kappa shape index (κ2) is 12.6. The lowest BCUT2D eigenvalue weighted by atomic mass is 10.1. The number of hydrogen-bond donors (Lipinski definition) is 2. The topological polar surface area (TPSA) is 77.7 Å². The molecule has 0 saturated carbocycles. The van der Waals surface area contributed by atoms with Crippen molar-refractivity contribution < 1.29 is 14.3 Å². The maximum Gasteiger partial charge on any atom is 0.322 e. The van der Waals surface area contributed by atoms with Crippen molar-refractivity contribution in [1.29, 1.82) is 0 Å². The van der Waals surface area contributed by atoms with E-state index in [2.05, 4.69) is 32.3 Å². The summed E-state index contributed by atoms with van der Waals surface area (Å²) in [5, 5.41) is 4.07. The van der Waals surface area contributed by atoms with Crippen molar-refractivity contribution in [1.82, 2.24) is 14.8 Å². The Bertz CT molecular complexity index is 1400. The number of aromatic nitrogens is 1. The molecule has 1 heterocycles. The second-order valence-corrected chi connectivity index (χ2v) is 10.2. The van der Waals surface area contributed by atoms with Crippen LogP contribution >= 0.6 is 15.9 Å². The van der Waals surface area contributed by atoms with Crippen molar-refractivity contribution in [3.63, 3.8) is 0 Å². The van der Waals surface area contributed by atoms with E-state index in [1.807, 2.05) is 86.8 Å². The number of carbonyl (C=O) groups is 2. The molecule has 198 valence electrons. The smallest absolute Gasteiger partial charge is 0.322 e. The van der Waals surface area contributed by atoms with Crippen LogP contribution < -0.4 is 10.1 Å². The third-order valence-electron chi connectivity index (χ3n) is 6.54. The Labute approximate surface area is 231 Å². The van der Waals surface area contributed by atoms with Crippen LogP contribution in [0.2, 0.25) is 0 Å². The molecule has 0 aliphatic heterocycles. The molecule has 0 radical (unpaired) electrons. The first-order chi connectivity index (χ1) is 18.4. The maximum absolute atomic E-state index is 13.8. The number of nitrogens with one attached hydrogen (secondary N) is 2. The summed E-state index contributed by atoms with van der Waals surface area (Å²) in [7, 11) is 1.63. The van der Waals surface area contributed by atoms with E-state index in [0.717, 1.165) is 32.3 Å². The van der Waals surface area contributed by atoms with Gasteiger partial charge in [-0.15, -0.1) is 0 Å². The molecule has 8 heteroatoms. The average Bonchev–Trinajstić information content (AvgIpc) is 3.33. The number of nitrogens with zero attached hydrogens (tertiary/aromatic N) is 2.